The van der Waals surface area contributed by atoms with E-state index in [4.69, 9.17) is 0 Å². The van der Waals surface area contributed by atoms with Crippen molar-refractivity contribution in [2.45, 2.75) is 32.6 Å². The van der Waals surface area contributed by atoms with Gasteiger partial charge in [-0.2, -0.15) is 0 Å². The van der Waals surface area contributed by atoms with Gasteiger partial charge in [0.05, 0.1) is 0 Å². The average Bonchev–Trinajstić information content (AvgIpc) is 2.02. The van der Waals surface area contributed by atoms with Gasteiger partial charge in [-0.3, -0.25) is 0 Å². The van der Waals surface area contributed by atoms with E-state index in [1.54, 1.807) is 0 Å². The molecule has 0 aromatic heterocycles. The van der Waals surface area contributed by atoms with E-state index in [0.717, 1.165) is 5.92 Å². The monoisotopic (exact) mass is 322 g/mol. The van der Waals surface area contributed by atoms with Crippen LogP contribution in [0.2, 0.25) is 0 Å². The van der Waals surface area contributed by atoms with Gasteiger partial charge in [0, 0.05) is 0 Å². The third-order valence-corrected chi connectivity index (χ3v) is 2.60. The molecule has 0 aliphatic rings. The molecule has 2 radical (unpaired) electrons. The Bertz CT molecular complexity index is 113. The summed E-state index contributed by atoms with van der Waals surface area (Å²) in [6, 6.07) is 0. The van der Waals surface area contributed by atoms with Crippen molar-refractivity contribution in [3.8, 4) is 0 Å². The van der Waals surface area contributed by atoms with E-state index >= 15 is 0 Å². The van der Waals surface area contributed by atoms with Crippen LogP contribution in [-0.2, 0) is 0 Å². The molecule has 0 heterocycles. The molecule has 0 rings (SSSR count). The zero-order valence-corrected chi connectivity index (χ0v) is 15.5. The summed E-state index contributed by atoms with van der Waals surface area (Å²) in [7, 11) is 8.60. The molecule has 0 aromatic rings. The molecule has 0 atom stereocenters. The molecule has 92 valence electrons. The Morgan fingerprint density at radius 1 is 0.800 bits per heavy atom. The summed E-state index contributed by atoms with van der Waals surface area (Å²) in [6.45, 7) is 4.85. The first-order valence-electron chi connectivity index (χ1n) is 5.82. The summed E-state index contributed by atoms with van der Waals surface area (Å²) in [5.41, 5.74) is 0. The third kappa shape index (κ3) is 14.7. The molecule has 0 bridgehead atoms. The molecule has 0 saturated carbocycles. The fourth-order valence-electron chi connectivity index (χ4n) is 1.66. The van der Waals surface area contributed by atoms with Crippen LogP contribution >= 0.6 is 0 Å². The first-order valence-corrected chi connectivity index (χ1v) is 5.82. The van der Waals surface area contributed by atoms with Crippen LogP contribution in [0.1, 0.15) is 32.6 Å². The SMILES string of the molecule is CC(CCCN(C)C)CCCN(C)C.[SnH2]. The molecular formula is C12H30N2Sn. The molecule has 15 heavy (non-hydrogen) atoms. The van der Waals surface area contributed by atoms with Gasteiger partial charge >= 0.3 is 23.9 Å². The maximum atomic E-state index is 2.38. The van der Waals surface area contributed by atoms with E-state index in [9.17, 15) is 0 Å². The average molecular weight is 321 g/mol. The van der Waals surface area contributed by atoms with Crippen LogP contribution in [0.3, 0.4) is 0 Å². The minimum atomic E-state index is 0. The molecule has 0 N–H and O–H groups in total. The van der Waals surface area contributed by atoms with Crippen LogP contribution in [0.25, 0.3) is 0 Å². The van der Waals surface area contributed by atoms with E-state index in [0.29, 0.717) is 0 Å². The number of nitrogens with zero attached hydrogens (tertiary/aromatic N) is 2. The van der Waals surface area contributed by atoms with Gasteiger partial charge in [-0.15, -0.1) is 0 Å². The van der Waals surface area contributed by atoms with Gasteiger partial charge in [0.1, 0.15) is 0 Å². The Kier molecular flexibility index (Phi) is 13.5. The predicted octanol–water partition coefficient (Wildman–Crippen LogP) is 1.39. The summed E-state index contributed by atoms with van der Waals surface area (Å²) in [6.07, 6.45) is 5.45. The molecule has 0 saturated heterocycles. The van der Waals surface area contributed by atoms with Crippen molar-refractivity contribution in [2.24, 2.45) is 5.92 Å². The van der Waals surface area contributed by atoms with E-state index in [1.807, 2.05) is 0 Å². The molecule has 0 aliphatic carbocycles. The van der Waals surface area contributed by atoms with Crippen LogP contribution in [0.4, 0.5) is 0 Å². The summed E-state index contributed by atoms with van der Waals surface area (Å²) in [5, 5.41) is 0. The predicted molar refractivity (Wildman–Crippen MR) is 73.3 cm³/mol. The van der Waals surface area contributed by atoms with Crippen LogP contribution in [-0.4, -0.2) is 75.0 Å². The summed E-state index contributed by atoms with van der Waals surface area (Å²) in [5.74, 6) is 0.898. The maximum absolute atomic E-state index is 2.38. The zero-order chi connectivity index (χ0) is 11.0. The molecule has 3 heteroatoms. The van der Waals surface area contributed by atoms with Crippen LogP contribution in [0.15, 0.2) is 0 Å². The third-order valence-electron chi connectivity index (χ3n) is 2.60. The molecule has 0 spiro atoms. The van der Waals surface area contributed by atoms with Crippen molar-refractivity contribution in [2.75, 3.05) is 41.3 Å². The molecular weight excluding hydrogens is 291 g/mol. The van der Waals surface area contributed by atoms with E-state index < -0.39 is 0 Å². The van der Waals surface area contributed by atoms with Gasteiger partial charge in [-0.1, -0.05) is 6.92 Å². The summed E-state index contributed by atoms with van der Waals surface area (Å²) >= 11 is 0. The van der Waals surface area contributed by atoms with E-state index in [2.05, 4.69) is 44.9 Å². The fourth-order valence-corrected chi connectivity index (χ4v) is 1.66. The van der Waals surface area contributed by atoms with Crippen LogP contribution < -0.4 is 0 Å². The van der Waals surface area contributed by atoms with Crippen molar-refractivity contribution in [1.82, 2.24) is 9.80 Å². The Morgan fingerprint density at radius 2 is 1.13 bits per heavy atom. The Morgan fingerprint density at radius 3 is 1.40 bits per heavy atom. The fraction of sp³-hybridized carbons (Fsp3) is 1.00. The van der Waals surface area contributed by atoms with Gasteiger partial charge in [0.15, 0.2) is 0 Å². The normalized spacial score (nSPS) is 11.2. The Hall–Kier alpha value is 0.719. The topological polar surface area (TPSA) is 6.48 Å². The van der Waals surface area contributed by atoms with E-state index in [-0.39, 0.29) is 23.9 Å². The standard InChI is InChI=1S/C12H28N2.Sn.2H/c1-12(8-6-10-13(2)3)9-7-11-14(4)5;;;/h12H,6-11H2,1-5H3;;;. The molecule has 0 aromatic carbocycles. The molecule has 0 amide bonds. The number of hydrogen-bond acceptors (Lipinski definition) is 2. The summed E-state index contributed by atoms with van der Waals surface area (Å²) in [4.78, 5) is 4.54. The molecule has 0 fully saturated rings. The molecule has 0 aliphatic heterocycles. The second kappa shape index (κ2) is 11.2. The van der Waals surface area contributed by atoms with Crippen molar-refractivity contribution >= 4 is 23.9 Å². The number of rotatable bonds is 8. The van der Waals surface area contributed by atoms with Crippen molar-refractivity contribution in [3.63, 3.8) is 0 Å². The molecule has 0 unspecified atom stereocenters. The van der Waals surface area contributed by atoms with Crippen molar-refractivity contribution < 1.29 is 0 Å². The van der Waals surface area contributed by atoms with Gasteiger partial charge in [-0.25, -0.2) is 0 Å². The second-order valence-electron chi connectivity index (χ2n) is 5.00. The Balaban J connectivity index is 0. The van der Waals surface area contributed by atoms with Gasteiger partial charge in [0.2, 0.25) is 0 Å². The van der Waals surface area contributed by atoms with Gasteiger partial charge in [0.25, 0.3) is 0 Å². The minimum absolute atomic E-state index is 0. The summed E-state index contributed by atoms with van der Waals surface area (Å²) < 4.78 is 0. The van der Waals surface area contributed by atoms with Crippen molar-refractivity contribution in [1.29, 1.82) is 0 Å². The molecule has 2 nitrogen and oxygen atoms in total. The van der Waals surface area contributed by atoms with Crippen molar-refractivity contribution in [3.05, 3.63) is 0 Å². The quantitative estimate of drug-likeness (QED) is 0.624. The van der Waals surface area contributed by atoms with Crippen LogP contribution in [0, 0.1) is 5.92 Å². The Labute approximate surface area is 113 Å². The number of hydrogen-bond donors (Lipinski definition) is 0. The van der Waals surface area contributed by atoms with E-state index in [1.165, 1.54) is 38.8 Å². The van der Waals surface area contributed by atoms with Gasteiger partial charge < -0.3 is 9.80 Å². The first-order chi connectivity index (χ1) is 6.52. The van der Waals surface area contributed by atoms with Crippen LogP contribution in [0.5, 0.6) is 0 Å². The zero-order valence-electron chi connectivity index (χ0n) is 11.4. The first kappa shape index (κ1) is 18.1. The van der Waals surface area contributed by atoms with Gasteiger partial charge in [-0.05, 0) is 72.9 Å². The second-order valence-corrected chi connectivity index (χ2v) is 5.00.